The van der Waals surface area contributed by atoms with Crippen LogP contribution in [0, 0.1) is 0 Å². The minimum atomic E-state index is -1.67. The maximum Gasteiger partial charge on any atom is 0.352 e. The Hall–Kier alpha value is -1.74. The molecule has 0 saturated carbocycles. The van der Waals surface area contributed by atoms with Crippen molar-refractivity contribution in [3.63, 3.8) is 0 Å². The van der Waals surface area contributed by atoms with Gasteiger partial charge >= 0.3 is 5.97 Å². The number of thioether (sulfide) groups is 1. The fraction of sp³-hybridized carbons (Fsp3) is 0.600. The van der Waals surface area contributed by atoms with Crippen LogP contribution in [-0.2, 0) is 19.1 Å². The van der Waals surface area contributed by atoms with E-state index < -0.39 is 23.0 Å². The Morgan fingerprint density at radius 3 is 2.90 bits per heavy atom. The molecule has 2 heterocycles. The third-order valence-electron chi connectivity index (χ3n) is 3.11. The molecule has 1 N–H and O–H groups in total. The average molecular weight is 300 g/mol. The second-order valence-electron chi connectivity index (χ2n) is 4.12. The fourth-order valence-corrected chi connectivity index (χ4v) is 3.64. The lowest BCUT2D eigenvalue weighted by Crippen LogP contribution is -2.73. The van der Waals surface area contributed by atoms with E-state index in [9.17, 15) is 14.7 Å². The average Bonchev–Trinajstić information content (AvgIpc) is 2.43. The fourth-order valence-electron chi connectivity index (χ4n) is 2.24. The zero-order chi connectivity index (χ0) is 14.9. The van der Waals surface area contributed by atoms with Crippen LogP contribution >= 0.6 is 11.8 Å². The maximum atomic E-state index is 12.2. The summed E-state index contributed by atoms with van der Waals surface area (Å²) in [5.74, 6) is -1.54. The van der Waals surface area contributed by atoms with Crippen molar-refractivity contribution in [2.45, 2.75) is 11.1 Å². The van der Waals surface area contributed by atoms with Crippen LogP contribution < -0.4 is 0 Å². The Morgan fingerprint density at radius 1 is 1.70 bits per heavy atom. The van der Waals surface area contributed by atoms with E-state index in [0.29, 0.717) is 11.3 Å². The predicted octanol–water partition coefficient (Wildman–Crippen LogP) is 0.540. The van der Waals surface area contributed by atoms with Crippen LogP contribution in [0.1, 0.15) is 0 Å². The number of fused-ring (bicyclic) bond motifs is 1. The van der Waals surface area contributed by atoms with Crippen molar-refractivity contribution in [1.29, 1.82) is 0 Å². The molecule has 0 aromatic heterocycles. The van der Waals surface area contributed by atoms with Gasteiger partial charge in [-0.15, -0.1) is 11.8 Å². The van der Waals surface area contributed by atoms with Gasteiger partial charge in [0.25, 0.3) is 11.6 Å². The highest BCUT2D eigenvalue weighted by Crippen LogP contribution is 2.48. The number of hydrogen-bond acceptors (Lipinski definition) is 6. The molecular formula is C10H12N4O5S. The Balaban J connectivity index is 2.43. The minimum Gasteiger partial charge on any atom is -0.477 e. The van der Waals surface area contributed by atoms with Gasteiger partial charge in [0.2, 0.25) is 0 Å². The predicted molar refractivity (Wildman–Crippen MR) is 68.5 cm³/mol. The molecule has 0 radical (unpaired) electrons. The van der Waals surface area contributed by atoms with Crippen molar-refractivity contribution in [2.24, 2.45) is 5.11 Å². The van der Waals surface area contributed by atoms with Crippen LogP contribution in [0.25, 0.3) is 10.4 Å². The van der Waals surface area contributed by atoms with Gasteiger partial charge < -0.3 is 14.6 Å². The highest BCUT2D eigenvalue weighted by molar-refractivity contribution is 8.00. The number of β-lactam (4-membered cyclic amide) rings is 1. The summed E-state index contributed by atoms with van der Waals surface area (Å²) in [6.07, 6.45) is 0. The summed E-state index contributed by atoms with van der Waals surface area (Å²) in [7, 11) is 2.69. The van der Waals surface area contributed by atoms with Gasteiger partial charge in [-0.1, -0.05) is 0 Å². The Bertz CT molecular complexity index is 544. The Morgan fingerprint density at radius 2 is 2.40 bits per heavy atom. The molecule has 9 nitrogen and oxygen atoms in total. The molecular weight excluding hydrogens is 288 g/mol. The van der Waals surface area contributed by atoms with Crippen LogP contribution in [0.5, 0.6) is 0 Å². The number of ether oxygens (including phenoxy) is 2. The maximum absolute atomic E-state index is 12.2. The lowest BCUT2D eigenvalue weighted by Gasteiger charge is -2.53. The van der Waals surface area contributed by atoms with Gasteiger partial charge in [0, 0.05) is 24.9 Å². The Kier molecular flexibility index (Phi) is 3.91. The summed E-state index contributed by atoms with van der Waals surface area (Å²) in [6.45, 7) is 0.118. The van der Waals surface area contributed by atoms with Crippen molar-refractivity contribution in [3.05, 3.63) is 21.7 Å². The Labute approximate surface area is 118 Å². The summed E-state index contributed by atoms with van der Waals surface area (Å²) < 4.78 is 9.98. The second-order valence-corrected chi connectivity index (χ2v) is 5.19. The minimum absolute atomic E-state index is 0.118. The van der Waals surface area contributed by atoms with Gasteiger partial charge in [-0.25, -0.2) is 4.79 Å². The molecule has 2 aliphatic heterocycles. The molecule has 1 saturated heterocycles. The molecule has 1 amide bonds. The molecule has 0 unspecified atom stereocenters. The highest BCUT2D eigenvalue weighted by atomic mass is 32.2. The quantitative estimate of drug-likeness (QED) is 0.342. The van der Waals surface area contributed by atoms with Gasteiger partial charge in [-0.3, -0.25) is 9.69 Å². The SMILES string of the molecule is COCC1=C(C(=O)O)N2C(=O)[C@](N=[N+]=[N-])(OC)[C@H]2SC1. The van der Waals surface area contributed by atoms with E-state index in [1.165, 1.54) is 26.0 Å². The van der Waals surface area contributed by atoms with Gasteiger partial charge in [0.15, 0.2) is 0 Å². The lowest BCUT2D eigenvalue weighted by molar-refractivity contribution is -0.182. The monoisotopic (exact) mass is 300 g/mol. The molecule has 108 valence electrons. The summed E-state index contributed by atoms with van der Waals surface area (Å²) in [6, 6.07) is 0. The first-order valence-corrected chi connectivity index (χ1v) is 6.59. The molecule has 2 aliphatic rings. The molecule has 10 heteroatoms. The zero-order valence-corrected chi connectivity index (χ0v) is 11.6. The van der Waals surface area contributed by atoms with Crippen molar-refractivity contribution in [3.8, 4) is 0 Å². The number of amides is 1. The van der Waals surface area contributed by atoms with E-state index in [1.54, 1.807) is 0 Å². The van der Waals surface area contributed by atoms with Crippen molar-refractivity contribution in [1.82, 2.24) is 4.90 Å². The van der Waals surface area contributed by atoms with E-state index in [2.05, 4.69) is 10.0 Å². The summed E-state index contributed by atoms with van der Waals surface area (Å²) in [5.41, 5.74) is 7.28. The molecule has 0 aliphatic carbocycles. The third-order valence-corrected chi connectivity index (χ3v) is 4.47. The number of rotatable bonds is 5. The molecule has 0 aromatic carbocycles. The van der Waals surface area contributed by atoms with Crippen LogP contribution in [0.15, 0.2) is 16.4 Å². The summed E-state index contributed by atoms with van der Waals surface area (Å²) in [5, 5.41) is 12.0. The first-order chi connectivity index (χ1) is 9.53. The first kappa shape index (κ1) is 14.7. The molecule has 0 spiro atoms. The van der Waals surface area contributed by atoms with Gasteiger partial charge in [-0.05, 0) is 16.2 Å². The van der Waals surface area contributed by atoms with Gasteiger partial charge in [0.1, 0.15) is 11.1 Å². The van der Waals surface area contributed by atoms with E-state index in [0.717, 1.165) is 4.90 Å². The molecule has 0 bridgehead atoms. The molecule has 1 fully saturated rings. The van der Waals surface area contributed by atoms with Crippen molar-refractivity contribution < 1.29 is 24.2 Å². The van der Waals surface area contributed by atoms with Crippen LogP contribution in [-0.4, -0.2) is 59.6 Å². The first-order valence-electron chi connectivity index (χ1n) is 5.54. The number of carboxylic acid groups (broad SMARTS) is 1. The number of nitrogens with zero attached hydrogens (tertiary/aromatic N) is 4. The van der Waals surface area contributed by atoms with Crippen LogP contribution in [0.4, 0.5) is 0 Å². The van der Waals surface area contributed by atoms with Gasteiger partial charge in [0.05, 0.1) is 6.61 Å². The third kappa shape index (κ3) is 1.85. The largest absolute Gasteiger partial charge is 0.477 e. The number of azide groups is 1. The van der Waals surface area contributed by atoms with E-state index in [1.807, 2.05) is 0 Å². The number of carbonyl (C=O) groups excluding carboxylic acids is 1. The van der Waals surface area contributed by atoms with E-state index in [-0.39, 0.29) is 12.3 Å². The standard InChI is InChI=1S/C10H12N4O5S/c1-18-3-5-4-20-9-10(19-2,12-13-11)8(17)14(9)6(5)7(15)16/h9H,3-4H2,1-2H3,(H,15,16)/t9-,10+/m1/s1. The van der Waals surface area contributed by atoms with E-state index >= 15 is 0 Å². The van der Waals surface area contributed by atoms with Gasteiger partial charge in [-0.2, -0.15) is 0 Å². The second kappa shape index (κ2) is 5.33. The molecule has 0 aromatic rings. The normalized spacial score (nSPS) is 28.6. The number of hydrogen-bond donors (Lipinski definition) is 1. The van der Waals surface area contributed by atoms with Crippen molar-refractivity contribution in [2.75, 3.05) is 26.6 Å². The lowest BCUT2D eigenvalue weighted by atomic mass is 9.99. The topological polar surface area (TPSA) is 125 Å². The van der Waals surface area contributed by atoms with Crippen LogP contribution in [0.3, 0.4) is 0 Å². The highest BCUT2D eigenvalue weighted by Gasteiger charge is 2.65. The smallest absolute Gasteiger partial charge is 0.352 e. The molecule has 2 atom stereocenters. The molecule has 2 rings (SSSR count). The van der Waals surface area contributed by atoms with Crippen LogP contribution in [0.2, 0.25) is 0 Å². The number of aliphatic carboxylic acids is 1. The summed E-state index contributed by atoms with van der Waals surface area (Å²) in [4.78, 5) is 27.3. The number of carboxylic acids is 1. The summed E-state index contributed by atoms with van der Waals surface area (Å²) >= 11 is 1.27. The van der Waals surface area contributed by atoms with Crippen molar-refractivity contribution >= 4 is 23.6 Å². The zero-order valence-electron chi connectivity index (χ0n) is 10.8. The number of methoxy groups -OCH3 is 2. The molecule has 20 heavy (non-hydrogen) atoms. The van der Waals surface area contributed by atoms with E-state index in [4.69, 9.17) is 15.0 Å². The number of carbonyl (C=O) groups is 2.